The average Bonchev–Trinajstić information content (AvgIpc) is 3.07. The minimum Gasteiger partial charge on any atom is -0.453 e. The lowest BCUT2D eigenvalue weighted by Crippen LogP contribution is -2.43. The van der Waals surface area contributed by atoms with E-state index in [1.165, 1.54) is 0 Å². The van der Waals surface area contributed by atoms with Crippen molar-refractivity contribution in [2.45, 2.75) is 24.7 Å². The lowest BCUT2D eigenvalue weighted by atomic mass is 9.93. The summed E-state index contributed by atoms with van der Waals surface area (Å²) in [6.07, 6.45) is 6.07. The Morgan fingerprint density at radius 2 is 1.50 bits per heavy atom. The molecule has 2 aliphatic heterocycles. The van der Waals surface area contributed by atoms with Gasteiger partial charge in [-0.2, -0.15) is 0 Å². The van der Waals surface area contributed by atoms with Crippen LogP contribution < -0.4 is 9.64 Å². The predicted octanol–water partition coefficient (Wildman–Crippen LogP) is 4.39. The highest BCUT2D eigenvalue weighted by molar-refractivity contribution is 5.78. The summed E-state index contributed by atoms with van der Waals surface area (Å²) in [5.74, 6) is 1.30. The van der Waals surface area contributed by atoms with E-state index >= 15 is 0 Å². The van der Waals surface area contributed by atoms with Crippen LogP contribution in [-0.2, 0) is 9.47 Å². The molecule has 0 aromatic heterocycles. The van der Waals surface area contributed by atoms with Gasteiger partial charge in [0.05, 0.1) is 30.6 Å². The van der Waals surface area contributed by atoms with Crippen LogP contribution in [0.1, 0.15) is 12.8 Å². The zero-order chi connectivity index (χ0) is 16.0. The molecule has 0 saturated carbocycles. The summed E-state index contributed by atoms with van der Waals surface area (Å²) < 4.78 is 18.0. The van der Waals surface area contributed by atoms with Crippen molar-refractivity contribution in [3.8, 4) is 11.5 Å². The highest BCUT2D eigenvalue weighted by Gasteiger charge is 2.42. The van der Waals surface area contributed by atoms with Gasteiger partial charge in [-0.15, -0.1) is 0 Å². The fourth-order valence-electron chi connectivity index (χ4n) is 3.88. The van der Waals surface area contributed by atoms with E-state index < -0.39 is 5.79 Å². The maximum atomic E-state index is 6.09. The number of benzene rings is 2. The maximum Gasteiger partial charge on any atom is 0.174 e. The van der Waals surface area contributed by atoms with E-state index in [0.29, 0.717) is 13.2 Å². The standard InChI is InChI=1S/C20H19NO3/c1-3-9-18-16(7-1)21(17-8-2-4-10-19(17)24-18)15-6-5-11-20(14-15)22-12-13-23-20/h1-10,15H,11-14H2. The van der Waals surface area contributed by atoms with Crippen LogP contribution in [0.2, 0.25) is 0 Å². The van der Waals surface area contributed by atoms with Crippen molar-refractivity contribution in [3.05, 3.63) is 60.7 Å². The lowest BCUT2D eigenvalue weighted by Gasteiger charge is -2.42. The first-order chi connectivity index (χ1) is 11.8. The molecule has 2 aromatic rings. The van der Waals surface area contributed by atoms with Gasteiger partial charge in [0.1, 0.15) is 0 Å². The number of hydrogen-bond donors (Lipinski definition) is 0. The first kappa shape index (κ1) is 14.1. The molecule has 122 valence electrons. The third-order valence-electron chi connectivity index (χ3n) is 4.92. The Morgan fingerprint density at radius 1 is 0.875 bits per heavy atom. The monoisotopic (exact) mass is 321 g/mol. The molecule has 1 atom stereocenters. The third-order valence-corrected chi connectivity index (χ3v) is 4.92. The summed E-state index contributed by atoms with van der Waals surface area (Å²) >= 11 is 0. The highest BCUT2D eigenvalue weighted by Crippen LogP contribution is 2.49. The molecule has 24 heavy (non-hydrogen) atoms. The quantitative estimate of drug-likeness (QED) is 0.729. The van der Waals surface area contributed by atoms with Crippen molar-refractivity contribution >= 4 is 11.4 Å². The van der Waals surface area contributed by atoms with Crippen molar-refractivity contribution < 1.29 is 14.2 Å². The number of para-hydroxylation sites is 4. The van der Waals surface area contributed by atoms with E-state index in [0.717, 1.165) is 35.7 Å². The minimum atomic E-state index is -0.471. The Balaban J connectivity index is 1.60. The van der Waals surface area contributed by atoms with Crippen molar-refractivity contribution in [3.63, 3.8) is 0 Å². The Morgan fingerprint density at radius 3 is 2.17 bits per heavy atom. The number of fused-ring (bicyclic) bond motifs is 2. The normalized spacial score (nSPS) is 23.7. The van der Waals surface area contributed by atoms with Crippen LogP contribution in [-0.4, -0.2) is 25.0 Å². The minimum absolute atomic E-state index is 0.169. The van der Waals surface area contributed by atoms with Crippen LogP contribution in [0.3, 0.4) is 0 Å². The largest absolute Gasteiger partial charge is 0.453 e. The molecule has 3 aliphatic rings. The first-order valence-corrected chi connectivity index (χ1v) is 8.44. The molecule has 0 radical (unpaired) electrons. The molecule has 1 saturated heterocycles. The SMILES string of the molecule is C1=CC(N2c3ccccc3Oc3ccccc32)CC2(C1)OCCO2. The second kappa shape index (κ2) is 5.36. The maximum absolute atomic E-state index is 6.09. The Bertz CT molecular complexity index is 749. The second-order valence-electron chi connectivity index (χ2n) is 6.42. The molecule has 0 amide bonds. The Kier molecular flexibility index (Phi) is 3.15. The van der Waals surface area contributed by atoms with Gasteiger partial charge in [0.15, 0.2) is 17.3 Å². The van der Waals surface area contributed by atoms with Gasteiger partial charge in [-0.1, -0.05) is 36.4 Å². The fraction of sp³-hybridized carbons (Fsp3) is 0.300. The van der Waals surface area contributed by atoms with Crippen molar-refractivity contribution in [1.82, 2.24) is 0 Å². The molecular formula is C20H19NO3. The summed E-state index contributed by atoms with van der Waals surface area (Å²) in [5.41, 5.74) is 2.17. The van der Waals surface area contributed by atoms with E-state index in [1.54, 1.807) is 0 Å². The van der Waals surface area contributed by atoms with Gasteiger partial charge in [0.25, 0.3) is 0 Å². The molecule has 1 spiro atoms. The molecule has 0 N–H and O–H groups in total. The summed E-state index contributed by atoms with van der Waals surface area (Å²) in [6, 6.07) is 16.5. The Hall–Kier alpha value is -2.30. The van der Waals surface area contributed by atoms with Crippen LogP contribution in [0, 0.1) is 0 Å². The number of anilines is 2. The van der Waals surface area contributed by atoms with Crippen molar-refractivity contribution in [1.29, 1.82) is 0 Å². The first-order valence-electron chi connectivity index (χ1n) is 8.44. The molecule has 0 bridgehead atoms. The van der Waals surface area contributed by atoms with E-state index in [1.807, 2.05) is 36.4 Å². The summed E-state index contributed by atoms with van der Waals surface area (Å²) in [4.78, 5) is 2.34. The van der Waals surface area contributed by atoms with Gasteiger partial charge in [0.2, 0.25) is 0 Å². The molecule has 5 rings (SSSR count). The molecular weight excluding hydrogens is 302 g/mol. The van der Waals surface area contributed by atoms with Gasteiger partial charge in [-0.25, -0.2) is 0 Å². The van der Waals surface area contributed by atoms with Gasteiger partial charge in [0, 0.05) is 12.8 Å². The Labute approximate surface area is 141 Å². The van der Waals surface area contributed by atoms with Crippen LogP contribution in [0.15, 0.2) is 60.7 Å². The van der Waals surface area contributed by atoms with Crippen LogP contribution in [0.5, 0.6) is 11.5 Å². The summed E-state index contributed by atoms with van der Waals surface area (Å²) in [5, 5.41) is 0. The van der Waals surface area contributed by atoms with Crippen LogP contribution >= 0.6 is 0 Å². The van der Waals surface area contributed by atoms with Crippen LogP contribution in [0.25, 0.3) is 0 Å². The smallest absolute Gasteiger partial charge is 0.174 e. The summed E-state index contributed by atoms with van der Waals surface area (Å²) in [7, 11) is 0. The van der Waals surface area contributed by atoms with E-state index in [-0.39, 0.29) is 6.04 Å². The van der Waals surface area contributed by atoms with Crippen molar-refractivity contribution in [2.24, 2.45) is 0 Å². The third kappa shape index (κ3) is 2.14. The molecule has 1 fully saturated rings. The molecule has 2 aromatic carbocycles. The van der Waals surface area contributed by atoms with Crippen molar-refractivity contribution in [2.75, 3.05) is 18.1 Å². The number of nitrogens with zero attached hydrogens (tertiary/aromatic N) is 1. The topological polar surface area (TPSA) is 30.9 Å². The fourth-order valence-corrected chi connectivity index (χ4v) is 3.88. The zero-order valence-electron chi connectivity index (χ0n) is 13.4. The second-order valence-corrected chi connectivity index (χ2v) is 6.42. The average molecular weight is 321 g/mol. The molecule has 1 aliphatic carbocycles. The number of ether oxygens (including phenoxy) is 3. The van der Waals surface area contributed by atoms with Gasteiger partial charge in [-0.3, -0.25) is 0 Å². The summed E-state index contributed by atoms with van der Waals surface area (Å²) in [6.45, 7) is 1.35. The zero-order valence-corrected chi connectivity index (χ0v) is 13.4. The highest BCUT2D eigenvalue weighted by atomic mass is 16.7. The number of hydrogen-bond acceptors (Lipinski definition) is 4. The molecule has 1 unspecified atom stereocenters. The molecule has 2 heterocycles. The van der Waals surface area contributed by atoms with Gasteiger partial charge < -0.3 is 19.1 Å². The lowest BCUT2D eigenvalue weighted by molar-refractivity contribution is -0.162. The van der Waals surface area contributed by atoms with E-state index in [9.17, 15) is 0 Å². The number of rotatable bonds is 1. The molecule has 4 heteroatoms. The van der Waals surface area contributed by atoms with Gasteiger partial charge in [-0.05, 0) is 24.3 Å². The molecule has 4 nitrogen and oxygen atoms in total. The van der Waals surface area contributed by atoms with Gasteiger partial charge >= 0.3 is 0 Å². The van der Waals surface area contributed by atoms with E-state index in [2.05, 4.69) is 29.2 Å². The predicted molar refractivity (Wildman–Crippen MR) is 91.9 cm³/mol. The van der Waals surface area contributed by atoms with Crippen LogP contribution in [0.4, 0.5) is 11.4 Å². The van der Waals surface area contributed by atoms with E-state index in [4.69, 9.17) is 14.2 Å².